The molecule has 8 heteroatoms. The molecular formula is C6H12O6S2. The molecule has 0 aliphatic carbocycles. The molecule has 0 N–H and O–H groups in total. The van der Waals surface area contributed by atoms with E-state index < -0.39 is 20.2 Å². The van der Waals surface area contributed by atoms with E-state index in [0.717, 1.165) is 0 Å². The zero-order valence-corrected chi connectivity index (χ0v) is 9.14. The van der Waals surface area contributed by atoms with E-state index in [0.29, 0.717) is 0 Å². The van der Waals surface area contributed by atoms with Crippen molar-refractivity contribution in [1.29, 1.82) is 0 Å². The van der Waals surface area contributed by atoms with Crippen LogP contribution in [0.2, 0.25) is 0 Å². The van der Waals surface area contributed by atoms with Gasteiger partial charge in [-0.1, -0.05) is 0 Å². The van der Waals surface area contributed by atoms with Crippen molar-refractivity contribution in [2.24, 2.45) is 0 Å². The topological polar surface area (TPSA) is 86.7 Å². The molecule has 0 unspecified atom stereocenters. The summed E-state index contributed by atoms with van der Waals surface area (Å²) in [5.41, 5.74) is 0. The predicted octanol–water partition coefficient (Wildman–Crippen LogP) is -0.527. The molecule has 1 rings (SSSR count). The van der Waals surface area contributed by atoms with Crippen molar-refractivity contribution >= 4 is 20.2 Å². The third-order valence-electron chi connectivity index (χ3n) is 1.65. The highest BCUT2D eigenvalue weighted by molar-refractivity contribution is 7.87. The first-order chi connectivity index (χ1) is 6.41. The van der Waals surface area contributed by atoms with Gasteiger partial charge < -0.3 is 0 Å². The molecule has 0 aromatic heterocycles. The van der Waals surface area contributed by atoms with Gasteiger partial charge in [0.05, 0.1) is 24.7 Å². The van der Waals surface area contributed by atoms with Crippen LogP contribution >= 0.6 is 0 Å². The van der Waals surface area contributed by atoms with Crippen LogP contribution in [0.25, 0.3) is 0 Å². The standard InChI is InChI=1S/C6H12O6S2/c7-13(8)5-1-2-6-14(9,10)12-4-3-11-13/h1-6H2. The monoisotopic (exact) mass is 244 g/mol. The highest BCUT2D eigenvalue weighted by atomic mass is 32.2. The summed E-state index contributed by atoms with van der Waals surface area (Å²) in [6.07, 6.45) is 0.538. The van der Waals surface area contributed by atoms with Gasteiger partial charge in [-0.2, -0.15) is 16.8 Å². The van der Waals surface area contributed by atoms with Gasteiger partial charge in [0.2, 0.25) is 0 Å². The summed E-state index contributed by atoms with van der Waals surface area (Å²) in [6.45, 7) is -0.497. The quantitative estimate of drug-likeness (QED) is 0.532. The average molecular weight is 244 g/mol. The molecule has 0 saturated carbocycles. The molecule has 1 saturated heterocycles. The molecule has 1 fully saturated rings. The Hall–Kier alpha value is -0.180. The van der Waals surface area contributed by atoms with Crippen molar-refractivity contribution in [1.82, 2.24) is 0 Å². The summed E-state index contributed by atoms with van der Waals surface area (Å²) in [7, 11) is -6.99. The maximum absolute atomic E-state index is 11.0. The Kier molecular flexibility index (Phi) is 3.87. The number of rotatable bonds is 0. The van der Waals surface area contributed by atoms with Gasteiger partial charge in [0.15, 0.2) is 0 Å². The van der Waals surface area contributed by atoms with E-state index in [9.17, 15) is 16.8 Å². The van der Waals surface area contributed by atoms with E-state index in [1.54, 1.807) is 0 Å². The molecule has 84 valence electrons. The van der Waals surface area contributed by atoms with Gasteiger partial charge in [-0.3, -0.25) is 8.37 Å². The largest absolute Gasteiger partial charge is 0.268 e. The second kappa shape index (κ2) is 4.56. The fourth-order valence-electron chi connectivity index (χ4n) is 0.998. The van der Waals surface area contributed by atoms with Gasteiger partial charge >= 0.3 is 0 Å². The molecule has 0 spiro atoms. The minimum atomic E-state index is -3.49. The summed E-state index contributed by atoms with van der Waals surface area (Å²) in [5.74, 6) is -0.273. The number of hydrogen-bond donors (Lipinski definition) is 0. The van der Waals surface area contributed by atoms with Crippen LogP contribution in [-0.4, -0.2) is 41.6 Å². The lowest BCUT2D eigenvalue weighted by atomic mass is 10.4. The zero-order valence-electron chi connectivity index (χ0n) is 7.51. The first-order valence-electron chi connectivity index (χ1n) is 4.15. The zero-order chi connectivity index (χ0) is 10.7. The predicted molar refractivity (Wildman–Crippen MR) is 48.7 cm³/mol. The number of hydrogen-bond acceptors (Lipinski definition) is 6. The van der Waals surface area contributed by atoms with Crippen LogP contribution < -0.4 is 0 Å². The lowest BCUT2D eigenvalue weighted by Crippen LogP contribution is -2.20. The van der Waals surface area contributed by atoms with Crippen LogP contribution in [-0.2, 0) is 28.6 Å². The van der Waals surface area contributed by atoms with Crippen molar-refractivity contribution < 1.29 is 25.2 Å². The Balaban J connectivity index is 2.59. The summed E-state index contributed by atoms with van der Waals surface area (Å²) >= 11 is 0. The minimum absolute atomic E-state index is 0.136. The fourth-order valence-corrected chi connectivity index (χ4v) is 2.99. The third kappa shape index (κ3) is 4.36. The van der Waals surface area contributed by atoms with E-state index in [1.807, 2.05) is 0 Å². The van der Waals surface area contributed by atoms with Gasteiger partial charge in [-0.25, -0.2) is 0 Å². The lowest BCUT2D eigenvalue weighted by molar-refractivity contribution is 0.223. The second-order valence-electron chi connectivity index (χ2n) is 2.87. The molecule has 6 nitrogen and oxygen atoms in total. The first-order valence-corrected chi connectivity index (χ1v) is 7.31. The normalized spacial score (nSPS) is 28.0. The van der Waals surface area contributed by atoms with Gasteiger partial charge in [0, 0.05) is 0 Å². The lowest BCUT2D eigenvalue weighted by Gasteiger charge is -2.09. The van der Waals surface area contributed by atoms with Crippen LogP contribution in [0, 0.1) is 0 Å². The minimum Gasteiger partial charge on any atom is -0.268 e. The molecular weight excluding hydrogens is 232 g/mol. The molecule has 0 radical (unpaired) electrons. The molecule has 0 atom stereocenters. The Morgan fingerprint density at radius 1 is 0.714 bits per heavy atom. The molecule has 14 heavy (non-hydrogen) atoms. The van der Waals surface area contributed by atoms with E-state index in [4.69, 9.17) is 0 Å². The molecule has 0 aromatic rings. The van der Waals surface area contributed by atoms with Gasteiger partial charge in [0.25, 0.3) is 20.2 Å². The summed E-state index contributed by atoms with van der Waals surface area (Å²) < 4.78 is 53.1. The van der Waals surface area contributed by atoms with Crippen LogP contribution in [0.5, 0.6) is 0 Å². The highest BCUT2D eigenvalue weighted by Crippen LogP contribution is 2.06. The van der Waals surface area contributed by atoms with Gasteiger partial charge in [-0.15, -0.1) is 0 Å². The Labute approximate surface area is 83.5 Å². The summed E-state index contributed by atoms with van der Waals surface area (Å²) in [4.78, 5) is 0. The van der Waals surface area contributed by atoms with Crippen LogP contribution in [0.4, 0.5) is 0 Å². The van der Waals surface area contributed by atoms with Crippen LogP contribution in [0.3, 0.4) is 0 Å². The Morgan fingerprint density at radius 2 is 1.07 bits per heavy atom. The van der Waals surface area contributed by atoms with Crippen LogP contribution in [0.15, 0.2) is 0 Å². The van der Waals surface area contributed by atoms with Crippen molar-refractivity contribution in [3.8, 4) is 0 Å². The smallest absolute Gasteiger partial charge is 0.267 e. The van der Waals surface area contributed by atoms with Crippen LogP contribution in [0.1, 0.15) is 12.8 Å². The average Bonchev–Trinajstić information content (AvgIpc) is 2.07. The molecule has 0 bridgehead atoms. The SMILES string of the molecule is O=S1(=O)CCCCS(=O)(=O)OCCO1. The van der Waals surface area contributed by atoms with E-state index >= 15 is 0 Å². The third-order valence-corrected chi connectivity index (χ3v) is 4.28. The first kappa shape index (κ1) is 11.9. The van der Waals surface area contributed by atoms with Crippen molar-refractivity contribution in [2.75, 3.05) is 24.7 Å². The summed E-state index contributed by atoms with van der Waals surface area (Å²) in [6, 6.07) is 0. The Morgan fingerprint density at radius 3 is 1.43 bits per heavy atom. The maximum atomic E-state index is 11.0. The van der Waals surface area contributed by atoms with Gasteiger partial charge in [-0.05, 0) is 12.8 Å². The fraction of sp³-hybridized carbons (Fsp3) is 1.00. The van der Waals surface area contributed by atoms with Gasteiger partial charge in [0.1, 0.15) is 0 Å². The van der Waals surface area contributed by atoms with Crippen molar-refractivity contribution in [2.45, 2.75) is 12.8 Å². The summed E-state index contributed by atoms with van der Waals surface area (Å²) in [5, 5.41) is 0. The molecule has 1 heterocycles. The Bertz CT molecular complexity index is 305. The molecule has 1 aliphatic rings. The maximum Gasteiger partial charge on any atom is 0.267 e. The van der Waals surface area contributed by atoms with E-state index in [-0.39, 0.29) is 37.6 Å². The molecule has 0 amide bonds. The van der Waals surface area contributed by atoms with E-state index in [1.165, 1.54) is 0 Å². The molecule has 0 aromatic carbocycles. The van der Waals surface area contributed by atoms with Crippen molar-refractivity contribution in [3.63, 3.8) is 0 Å². The molecule has 1 aliphatic heterocycles. The highest BCUT2D eigenvalue weighted by Gasteiger charge is 2.17. The van der Waals surface area contributed by atoms with E-state index in [2.05, 4.69) is 8.37 Å². The second-order valence-corrected chi connectivity index (χ2v) is 6.39. The van der Waals surface area contributed by atoms with Crippen molar-refractivity contribution in [3.05, 3.63) is 0 Å².